The number of likely N-dealkylation sites (tertiary alicyclic amines) is 1. The van der Waals surface area contributed by atoms with Crippen molar-refractivity contribution in [2.75, 3.05) is 51.4 Å². The van der Waals surface area contributed by atoms with Gasteiger partial charge < -0.3 is 40.0 Å². The van der Waals surface area contributed by atoms with Crippen LogP contribution < -0.4 is 16.0 Å². The van der Waals surface area contributed by atoms with Crippen LogP contribution in [0.2, 0.25) is 0 Å². The number of rotatable bonds is 18. The molecular formula is C61H62BrF5N10O9S3. The van der Waals surface area contributed by atoms with E-state index in [2.05, 4.69) is 46.8 Å². The minimum Gasteiger partial charge on any atom is -0.480 e. The quantitative estimate of drug-likeness (QED) is 0.0271. The fraction of sp³-hybridized carbons (Fsp3) is 0.344. The number of nitrogens with one attached hydrogen (secondary N) is 3. The highest BCUT2D eigenvalue weighted by molar-refractivity contribution is 9.09. The van der Waals surface area contributed by atoms with Crippen molar-refractivity contribution < 1.29 is 65.2 Å². The Kier molecular flexibility index (Phi) is 22.0. The van der Waals surface area contributed by atoms with Gasteiger partial charge in [0.2, 0.25) is 0 Å². The molecule has 0 radical (unpaired) electrons. The highest BCUT2D eigenvalue weighted by Crippen LogP contribution is 2.43. The number of hydrogen-bond donors (Lipinski definition) is 4. The van der Waals surface area contributed by atoms with E-state index >= 15 is 0 Å². The van der Waals surface area contributed by atoms with Crippen molar-refractivity contribution in [1.29, 1.82) is 0 Å². The Hall–Kier alpha value is -7.89. The minimum atomic E-state index is -3.32. The number of amidine groups is 3. The molecule has 1 saturated heterocycles. The van der Waals surface area contributed by atoms with Crippen LogP contribution in [0.3, 0.4) is 0 Å². The molecule has 19 nitrogen and oxygen atoms in total. The van der Waals surface area contributed by atoms with E-state index in [0.29, 0.717) is 77.8 Å². The average Bonchev–Trinajstić information content (AvgIpc) is 1.37. The maximum absolute atomic E-state index is 14.9. The second-order valence-corrected chi connectivity index (χ2v) is 23.7. The number of aliphatic carboxylic acids is 1. The number of piperidine rings is 1. The zero-order chi connectivity index (χ0) is 64.3. The molecule has 6 aromatic rings. The Balaban J connectivity index is 0.000000178. The third-order valence-corrected chi connectivity index (χ3v) is 17.3. The van der Waals surface area contributed by atoms with Crippen LogP contribution >= 0.6 is 49.9 Å². The average molecular weight is 1350 g/mol. The molecule has 1 unspecified atom stereocenters. The van der Waals surface area contributed by atoms with Crippen LogP contribution in [0.25, 0.3) is 0 Å². The number of alkyl halides is 3. The third kappa shape index (κ3) is 15.4. The number of hydrogen-bond acceptors (Lipinski definition) is 21. The van der Waals surface area contributed by atoms with Crippen LogP contribution in [-0.4, -0.2) is 130 Å². The van der Waals surface area contributed by atoms with Gasteiger partial charge in [-0.1, -0.05) is 52.3 Å². The number of benzene rings is 3. The standard InChI is InChI=1S/C25H27F3N4O5S.C18H17BrFN3O2S.C18H18FN3O2S/c1-3-36-23(35)20-17(12-32-10-8-18(25(27,28)14-32)37-13-19(33)34)30-21(22-29-9-11-38-22)31-24(20,2)15-4-6-16(26)7-5-15;1-3-25-17(24)14-13(10-19)22-15(16-21-8-9-26-16)23-18(14,2)11-4-6-12(20)7-5-11;1-4-24-17(23)14-11(2)21-15(16-20-9-10-25-16)22-18(14,3)12-5-7-13(19)8-6-12/h4-7,9,11,18H,3,8,10,12-14H2,1-2H3,(H,30,31)(H,33,34);4-9H,3,10H2,1-2H3,(H,22,23);5-10H,4H2,1-3H3,(H,21,22)/t18?,24-;2*18-/m111/s1. The van der Waals surface area contributed by atoms with Gasteiger partial charge in [0.1, 0.15) is 46.8 Å². The molecule has 28 heteroatoms. The first-order valence-electron chi connectivity index (χ1n) is 27.8. The molecule has 7 heterocycles. The lowest BCUT2D eigenvalue weighted by molar-refractivity contribution is -0.180. The minimum absolute atomic E-state index is 0.0720. The number of aliphatic imine (C=N–C) groups is 3. The zero-order valence-electron chi connectivity index (χ0n) is 49.2. The van der Waals surface area contributed by atoms with Gasteiger partial charge in [-0.25, -0.2) is 71.1 Å². The second-order valence-electron chi connectivity index (χ2n) is 20.5. The van der Waals surface area contributed by atoms with Crippen LogP contribution in [0.5, 0.6) is 0 Å². The van der Waals surface area contributed by atoms with Crippen molar-refractivity contribution in [1.82, 2.24) is 35.8 Å². The molecule has 4 atom stereocenters. The number of carbonyl (C=O) groups excluding carboxylic acids is 3. The van der Waals surface area contributed by atoms with E-state index < -0.39 is 71.5 Å². The van der Waals surface area contributed by atoms with Gasteiger partial charge in [-0.15, -0.1) is 34.0 Å². The highest BCUT2D eigenvalue weighted by Gasteiger charge is 2.49. The molecule has 4 aliphatic heterocycles. The molecule has 3 aromatic carbocycles. The van der Waals surface area contributed by atoms with Gasteiger partial charge in [0, 0.05) is 70.2 Å². The first kappa shape index (κ1) is 67.0. The predicted octanol–water partition coefficient (Wildman–Crippen LogP) is 10.3. The summed E-state index contributed by atoms with van der Waals surface area (Å²) in [6, 6.07) is 17.5. The smallest absolute Gasteiger partial charge is 0.338 e. The molecule has 4 aliphatic rings. The summed E-state index contributed by atoms with van der Waals surface area (Å²) in [4.78, 5) is 78.1. The van der Waals surface area contributed by atoms with Crippen molar-refractivity contribution in [3.05, 3.63) is 191 Å². The Morgan fingerprint density at radius 1 is 0.607 bits per heavy atom. The SMILES string of the molecule is CCOC(=O)C1=C(C)NC(c2nccs2)=N[C@]1(C)c1ccc(F)cc1.CCOC(=O)C1=C(CBr)NC(c2nccs2)=N[C@]1(C)c1ccc(F)cc1.CCOC(=O)C1=C(CN2CCC(OCC(=O)O)C(F)(F)C2)NC(c2nccs2)=N[C@]1(C)c1ccc(F)cc1. The summed E-state index contributed by atoms with van der Waals surface area (Å²) in [5.74, 6) is -5.91. The first-order chi connectivity index (χ1) is 42.5. The molecule has 1 fully saturated rings. The molecular weight excluding hydrogens is 1290 g/mol. The molecule has 10 rings (SSSR count). The van der Waals surface area contributed by atoms with Crippen molar-refractivity contribution >= 4 is 91.3 Å². The van der Waals surface area contributed by atoms with Gasteiger partial charge in [-0.2, -0.15) is 0 Å². The molecule has 0 spiro atoms. The van der Waals surface area contributed by atoms with E-state index in [0.717, 1.165) is 5.01 Å². The molecule has 0 bridgehead atoms. The number of thiazole rings is 3. The maximum Gasteiger partial charge on any atom is 0.338 e. The van der Waals surface area contributed by atoms with Crippen molar-refractivity contribution in [3.63, 3.8) is 0 Å². The van der Waals surface area contributed by atoms with E-state index in [4.69, 9.17) is 39.0 Å². The van der Waals surface area contributed by atoms with Gasteiger partial charge in [-0.05, 0) is 108 Å². The normalized spacial score (nSPS) is 21.4. The Labute approximate surface area is 529 Å². The Morgan fingerprint density at radius 3 is 1.34 bits per heavy atom. The highest BCUT2D eigenvalue weighted by atomic mass is 79.9. The number of esters is 3. The van der Waals surface area contributed by atoms with E-state index in [-0.39, 0.29) is 56.5 Å². The fourth-order valence-corrected chi connectivity index (χ4v) is 12.5. The predicted molar refractivity (Wildman–Crippen MR) is 330 cm³/mol. The van der Waals surface area contributed by atoms with E-state index in [1.807, 2.05) is 24.6 Å². The first-order valence-corrected chi connectivity index (χ1v) is 31.5. The number of halogens is 6. The van der Waals surface area contributed by atoms with E-state index in [9.17, 15) is 41.1 Å². The second kappa shape index (κ2) is 29.2. The number of allylic oxidation sites excluding steroid dienone is 2. The summed E-state index contributed by atoms with van der Waals surface area (Å²) in [5.41, 5.74) is 1.02. The number of aromatic nitrogens is 3. The lowest BCUT2D eigenvalue weighted by atomic mass is 9.82. The molecule has 89 heavy (non-hydrogen) atoms. The summed E-state index contributed by atoms with van der Waals surface area (Å²) in [7, 11) is 0. The van der Waals surface area contributed by atoms with Gasteiger partial charge >= 0.3 is 23.9 Å². The zero-order valence-corrected chi connectivity index (χ0v) is 53.2. The fourth-order valence-electron chi connectivity index (χ4n) is 10.4. The summed E-state index contributed by atoms with van der Waals surface area (Å²) < 4.78 is 91.1. The number of ether oxygens (including phenoxy) is 4. The Bertz CT molecular complexity index is 3700. The van der Waals surface area contributed by atoms with Crippen LogP contribution in [0.1, 0.15) is 86.6 Å². The van der Waals surface area contributed by atoms with Gasteiger partial charge in [-0.3, -0.25) is 4.90 Å². The van der Waals surface area contributed by atoms with Crippen molar-refractivity contribution in [3.8, 4) is 0 Å². The van der Waals surface area contributed by atoms with E-state index in [1.54, 1.807) is 82.9 Å². The molecule has 4 N–H and O–H groups in total. The number of nitrogens with zero attached hydrogens (tertiary/aromatic N) is 7. The van der Waals surface area contributed by atoms with Gasteiger partial charge in [0.25, 0.3) is 5.92 Å². The number of carboxylic acid groups (broad SMARTS) is 1. The molecule has 0 amide bonds. The largest absolute Gasteiger partial charge is 0.480 e. The molecule has 470 valence electrons. The third-order valence-electron chi connectivity index (χ3n) is 14.4. The summed E-state index contributed by atoms with van der Waals surface area (Å²) in [6.45, 7) is 11.4. The molecule has 0 aliphatic carbocycles. The van der Waals surface area contributed by atoms with Crippen molar-refractivity contribution in [2.45, 2.75) is 83.5 Å². The van der Waals surface area contributed by atoms with Crippen LogP contribution in [0.15, 0.2) is 156 Å². The monoisotopic (exact) mass is 1350 g/mol. The number of carbonyl (C=O) groups is 4. The van der Waals surface area contributed by atoms with Crippen molar-refractivity contribution in [2.24, 2.45) is 15.0 Å². The van der Waals surface area contributed by atoms with E-state index in [1.165, 1.54) is 87.4 Å². The van der Waals surface area contributed by atoms with Crippen LogP contribution in [0, 0.1) is 17.5 Å². The van der Waals surface area contributed by atoms with Crippen LogP contribution in [-0.2, 0) is 54.7 Å². The Morgan fingerprint density at radius 2 is 0.978 bits per heavy atom. The summed E-state index contributed by atoms with van der Waals surface area (Å²) in [5, 5.41) is 26.1. The number of carboxylic acids is 1. The topological polar surface area (TPSA) is 241 Å². The summed E-state index contributed by atoms with van der Waals surface area (Å²) >= 11 is 7.63. The van der Waals surface area contributed by atoms with Gasteiger partial charge in [0.15, 0.2) is 32.5 Å². The maximum atomic E-state index is 14.9. The molecule has 0 saturated carbocycles. The van der Waals surface area contributed by atoms with Crippen LogP contribution in [0.4, 0.5) is 22.0 Å². The summed E-state index contributed by atoms with van der Waals surface area (Å²) in [6.07, 6.45) is 3.33. The lowest BCUT2D eigenvalue weighted by Crippen LogP contribution is -2.54. The lowest BCUT2D eigenvalue weighted by Gasteiger charge is -2.40. The van der Waals surface area contributed by atoms with Gasteiger partial charge in [0.05, 0.1) is 43.1 Å². The molecule has 3 aromatic heterocycles.